The number of aromatic nitrogens is 1. The third-order valence-electron chi connectivity index (χ3n) is 3.17. The maximum atomic E-state index is 12.2. The van der Waals surface area contributed by atoms with E-state index in [0.717, 1.165) is 21.9 Å². The Bertz CT molecular complexity index is 586. The van der Waals surface area contributed by atoms with Crippen molar-refractivity contribution in [1.82, 2.24) is 15.2 Å². The van der Waals surface area contributed by atoms with Crippen molar-refractivity contribution in [1.29, 1.82) is 0 Å². The molecule has 1 unspecified atom stereocenters. The fourth-order valence-electron chi connectivity index (χ4n) is 2.05. The molecule has 0 bridgehead atoms. The Labute approximate surface area is 125 Å². The van der Waals surface area contributed by atoms with Gasteiger partial charge in [-0.3, -0.25) is 15.0 Å². The summed E-state index contributed by atoms with van der Waals surface area (Å²) in [5, 5.41) is 14.5. The number of nitrogens with zero attached hydrogens (tertiary/aromatic N) is 2. The molecule has 8 nitrogen and oxygen atoms in total. The van der Waals surface area contributed by atoms with Crippen LogP contribution in [0.4, 0.5) is 9.93 Å². The van der Waals surface area contributed by atoms with Gasteiger partial charge in [-0.2, -0.15) is 0 Å². The van der Waals surface area contributed by atoms with Crippen molar-refractivity contribution in [2.45, 2.75) is 26.3 Å². The van der Waals surface area contributed by atoms with Crippen molar-refractivity contribution < 1.29 is 19.5 Å². The molecule has 114 valence electrons. The molecule has 1 fully saturated rings. The number of hydrogen-bond acceptors (Lipinski definition) is 5. The van der Waals surface area contributed by atoms with E-state index in [2.05, 4.69) is 15.6 Å². The van der Waals surface area contributed by atoms with Crippen LogP contribution >= 0.6 is 11.3 Å². The maximum Gasteiger partial charge on any atom is 0.328 e. The minimum Gasteiger partial charge on any atom is -0.480 e. The van der Waals surface area contributed by atoms with E-state index in [9.17, 15) is 14.4 Å². The molecule has 0 aliphatic carbocycles. The fraction of sp³-hybridized carbons (Fsp3) is 0.500. The highest BCUT2D eigenvalue weighted by Gasteiger charge is 2.35. The third kappa shape index (κ3) is 3.30. The zero-order chi connectivity index (χ0) is 15.6. The number of thiazole rings is 1. The van der Waals surface area contributed by atoms with Crippen LogP contribution in [0.5, 0.6) is 0 Å². The molecule has 1 aromatic rings. The van der Waals surface area contributed by atoms with E-state index in [1.807, 2.05) is 13.8 Å². The van der Waals surface area contributed by atoms with E-state index in [0.29, 0.717) is 5.13 Å². The number of aryl methyl sites for hydroxylation is 2. The molecule has 1 atom stereocenters. The number of hydrogen-bond donors (Lipinski definition) is 3. The Morgan fingerprint density at radius 3 is 2.86 bits per heavy atom. The lowest BCUT2D eigenvalue weighted by Crippen LogP contribution is -2.60. The van der Waals surface area contributed by atoms with E-state index in [1.165, 1.54) is 11.3 Å². The summed E-state index contributed by atoms with van der Waals surface area (Å²) in [6.45, 7) is 3.48. The summed E-state index contributed by atoms with van der Waals surface area (Å²) in [6, 6.07) is -1.71. The zero-order valence-electron chi connectivity index (χ0n) is 11.7. The Morgan fingerprint density at radius 1 is 1.57 bits per heavy atom. The highest BCUT2D eigenvalue weighted by atomic mass is 32.1. The summed E-state index contributed by atoms with van der Waals surface area (Å²) in [5.41, 5.74) is 0.890. The van der Waals surface area contributed by atoms with Crippen LogP contribution in [-0.2, 0) is 16.0 Å². The Morgan fingerprint density at radius 2 is 2.29 bits per heavy atom. The minimum atomic E-state index is -1.16. The Balaban J connectivity index is 2.12. The van der Waals surface area contributed by atoms with Crippen LogP contribution in [-0.4, -0.2) is 52.0 Å². The highest BCUT2D eigenvalue weighted by molar-refractivity contribution is 7.15. The molecule has 0 aromatic carbocycles. The summed E-state index contributed by atoms with van der Waals surface area (Å²) in [4.78, 5) is 41.0. The van der Waals surface area contributed by atoms with Gasteiger partial charge in [0.25, 0.3) is 0 Å². The average molecular weight is 312 g/mol. The van der Waals surface area contributed by atoms with Gasteiger partial charge >= 0.3 is 12.0 Å². The molecule has 1 aromatic heterocycles. The molecule has 1 aliphatic heterocycles. The molecular formula is C12H16N4O4S. The first-order valence-corrected chi connectivity index (χ1v) is 7.27. The normalized spacial score (nSPS) is 18.3. The number of aliphatic carboxylic acids is 1. The number of rotatable bonds is 3. The van der Waals surface area contributed by atoms with Crippen molar-refractivity contribution in [3.8, 4) is 0 Å². The second-order valence-electron chi connectivity index (χ2n) is 4.59. The van der Waals surface area contributed by atoms with E-state index in [4.69, 9.17) is 5.11 Å². The molecule has 9 heteroatoms. The molecule has 1 saturated heterocycles. The number of nitrogens with one attached hydrogen (secondary N) is 2. The molecule has 3 N–H and O–H groups in total. The van der Waals surface area contributed by atoms with Crippen molar-refractivity contribution in [2.75, 3.05) is 18.4 Å². The number of carboxylic acids is 1. The van der Waals surface area contributed by atoms with Gasteiger partial charge in [-0.05, 0) is 13.3 Å². The second kappa shape index (κ2) is 6.08. The molecular weight excluding hydrogens is 296 g/mol. The lowest BCUT2D eigenvalue weighted by molar-refractivity contribution is -0.144. The fourth-order valence-corrected chi connectivity index (χ4v) is 2.94. The number of amides is 3. The number of urea groups is 1. The van der Waals surface area contributed by atoms with Gasteiger partial charge in [-0.1, -0.05) is 6.92 Å². The number of carbonyl (C=O) groups is 3. The van der Waals surface area contributed by atoms with Crippen LogP contribution in [0.1, 0.15) is 17.5 Å². The van der Waals surface area contributed by atoms with Crippen LogP contribution in [0.25, 0.3) is 0 Å². The first-order chi connectivity index (χ1) is 9.92. The maximum absolute atomic E-state index is 12.2. The number of anilines is 1. The monoisotopic (exact) mass is 312 g/mol. The molecule has 2 heterocycles. The molecule has 3 amide bonds. The van der Waals surface area contributed by atoms with E-state index in [-0.39, 0.29) is 19.0 Å². The first-order valence-electron chi connectivity index (χ1n) is 6.45. The number of piperazine rings is 1. The standard InChI is InChI=1S/C12H16N4O4S/c1-3-7-6(2)21-11(14-7)15-12(20)16-5-9(17)13-4-8(16)10(18)19/h8H,3-5H2,1-2H3,(H,13,17)(H,18,19)(H,14,15,20). The average Bonchev–Trinajstić information content (AvgIpc) is 2.78. The Hall–Kier alpha value is -2.16. The SMILES string of the molecule is CCc1nc(NC(=O)N2CC(=O)NCC2C(=O)O)sc1C. The van der Waals surface area contributed by atoms with E-state index in [1.54, 1.807) is 0 Å². The van der Waals surface area contributed by atoms with Gasteiger partial charge in [0.05, 0.1) is 5.69 Å². The van der Waals surface area contributed by atoms with Gasteiger partial charge in [0.2, 0.25) is 5.91 Å². The number of carboxylic acid groups (broad SMARTS) is 1. The van der Waals surface area contributed by atoms with Crippen molar-refractivity contribution >= 4 is 34.4 Å². The summed E-state index contributed by atoms with van der Waals surface area (Å²) >= 11 is 1.32. The quantitative estimate of drug-likeness (QED) is 0.749. The first kappa shape index (κ1) is 15.2. The summed E-state index contributed by atoms with van der Waals surface area (Å²) < 4.78 is 0. The van der Waals surface area contributed by atoms with Crippen LogP contribution < -0.4 is 10.6 Å². The predicted octanol–water partition coefficient (Wildman–Crippen LogP) is 0.431. The smallest absolute Gasteiger partial charge is 0.328 e. The topological polar surface area (TPSA) is 112 Å². The molecule has 0 radical (unpaired) electrons. The van der Waals surface area contributed by atoms with Gasteiger partial charge in [0.1, 0.15) is 12.6 Å². The molecule has 21 heavy (non-hydrogen) atoms. The summed E-state index contributed by atoms with van der Waals surface area (Å²) in [7, 11) is 0. The van der Waals surface area contributed by atoms with Gasteiger partial charge in [0, 0.05) is 11.4 Å². The molecule has 2 rings (SSSR count). The second-order valence-corrected chi connectivity index (χ2v) is 5.79. The predicted molar refractivity (Wildman–Crippen MR) is 76.4 cm³/mol. The lowest BCUT2D eigenvalue weighted by atomic mass is 10.2. The molecule has 0 spiro atoms. The zero-order valence-corrected chi connectivity index (χ0v) is 12.5. The van der Waals surface area contributed by atoms with E-state index >= 15 is 0 Å². The minimum absolute atomic E-state index is 0.0985. The van der Waals surface area contributed by atoms with Crippen molar-refractivity contribution in [3.05, 3.63) is 10.6 Å². The van der Waals surface area contributed by atoms with Crippen LogP contribution in [0.3, 0.4) is 0 Å². The van der Waals surface area contributed by atoms with Crippen LogP contribution in [0.2, 0.25) is 0 Å². The highest BCUT2D eigenvalue weighted by Crippen LogP contribution is 2.23. The van der Waals surface area contributed by atoms with Gasteiger partial charge in [-0.15, -0.1) is 11.3 Å². The molecule has 0 saturated carbocycles. The van der Waals surface area contributed by atoms with Crippen molar-refractivity contribution in [3.63, 3.8) is 0 Å². The van der Waals surface area contributed by atoms with Crippen LogP contribution in [0, 0.1) is 6.92 Å². The van der Waals surface area contributed by atoms with Crippen LogP contribution in [0.15, 0.2) is 0 Å². The molecule has 1 aliphatic rings. The van der Waals surface area contributed by atoms with Gasteiger partial charge in [-0.25, -0.2) is 14.6 Å². The third-order valence-corrected chi connectivity index (χ3v) is 4.10. The Kier molecular flexibility index (Phi) is 4.41. The summed E-state index contributed by atoms with van der Waals surface area (Å²) in [6.07, 6.45) is 0.752. The largest absolute Gasteiger partial charge is 0.480 e. The number of carbonyl (C=O) groups excluding carboxylic acids is 2. The van der Waals surface area contributed by atoms with Gasteiger partial charge < -0.3 is 10.4 Å². The van der Waals surface area contributed by atoms with Crippen molar-refractivity contribution in [2.24, 2.45) is 0 Å². The lowest BCUT2D eigenvalue weighted by Gasteiger charge is -2.32. The van der Waals surface area contributed by atoms with Gasteiger partial charge in [0.15, 0.2) is 5.13 Å². The van der Waals surface area contributed by atoms with E-state index < -0.39 is 18.0 Å². The summed E-state index contributed by atoms with van der Waals surface area (Å²) in [5.74, 6) is -1.54.